The van der Waals surface area contributed by atoms with E-state index in [4.69, 9.17) is 0 Å². The molecule has 1 N–H and O–H groups in total. The van der Waals surface area contributed by atoms with Gasteiger partial charge in [-0.15, -0.1) is 0 Å². The summed E-state index contributed by atoms with van der Waals surface area (Å²) in [7, 11) is 0. The summed E-state index contributed by atoms with van der Waals surface area (Å²) in [5.74, 6) is 0.773. The molecule has 0 aromatic rings. The second-order valence-corrected chi connectivity index (χ2v) is 5.93. The van der Waals surface area contributed by atoms with Crippen LogP contribution in [0.3, 0.4) is 0 Å². The molecular weight excluding hydrogens is 254 g/mol. The SMILES string of the molecule is CCCN(CCN1C(=O)CCC1=O)CC1CCNCC1. The standard InChI is InChI=1S/C15H27N3O2/c1-2-9-17(12-13-5-7-16-8-6-13)10-11-18-14(19)3-4-15(18)20/h13,16H,2-12H2,1H3. The van der Waals surface area contributed by atoms with Crippen molar-refractivity contribution in [3.63, 3.8) is 0 Å². The Hall–Kier alpha value is -0.940. The van der Waals surface area contributed by atoms with E-state index in [1.165, 1.54) is 17.7 Å². The van der Waals surface area contributed by atoms with Crippen LogP contribution in [0, 0.1) is 5.92 Å². The van der Waals surface area contributed by atoms with Crippen LogP contribution in [0.15, 0.2) is 0 Å². The second kappa shape index (κ2) is 7.74. The number of piperidine rings is 1. The molecule has 2 aliphatic heterocycles. The van der Waals surface area contributed by atoms with Crippen LogP contribution in [0.4, 0.5) is 0 Å². The van der Waals surface area contributed by atoms with Crippen molar-refractivity contribution in [2.75, 3.05) is 39.3 Å². The molecule has 114 valence electrons. The third-order valence-electron chi connectivity index (χ3n) is 4.31. The first-order valence-electron chi connectivity index (χ1n) is 7.97. The number of rotatable bonds is 7. The van der Waals surface area contributed by atoms with E-state index in [0.717, 1.165) is 45.1 Å². The molecule has 0 unspecified atom stereocenters. The smallest absolute Gasteiger partial charge is 0.229 e. The quantitative estimate of drug-likeness (QED) is 0.703. The van der Waals surface area contributed by atoms with Gasteiger partial charge in [0.15, 0.2) is 0 Å². The summed E-state index contributed by atoms with van der Waals surface area (Å²) >= 11 is 0. The lowest BCUT2D eigenvalue weighted by molar-refractivity contribution is -0.138. The molecule has 5 nitrogen and oxygen atoms in total. The Kier molecular flexibility index (Phi) is 5.98. The Morgan fingerprint density at radius 2 is 1.80 bits per heavy atom. The van der Waals surface area contributed by atoms with Crippen LogP contribution < -0.4 is 5.32 Å². The molecule has 0 aliphatic carbocycles. The zero-order valence-electron chi connectivity index (χ0n) is 12.6. The highest BCUT2D eigenvalue weighted by atomic mass is 16.2. The van der Waals surface area contributed by atoms with E-state index < -0.39 is 0 Å². The summed E-state index contributed by atoms with van der Waals surface area (Å²) < 4.78 is 0. The highest BCUT2D eigenvalue weighted by Crippen LogP contribution is 2.15. The number of carbonyl (C=O) groups excluding carboxylic acids is 2. The minimum absolute atomic E-state index is 0.00770. The molecular formula is C15H27N3O2. The molecule has 2 heterocycles. The van der Waals surface area contributed by atoms with Crippen molar-refractivity contribution < 1.29 is 9.59 Å². The van der Waals surface area contributed by atoms with Gasteiger partial charge >= 0.3 is 0 Å². The van der Waals surface area contributed by atoms with Crippen molar-refractivity contribution in [1.82, 2.24) is 15.1 Å². The summed E-state index contributed by atoms with van der Waals surface area (Å²) in [4.78, 5) is 27.1. The van der Waals surface area contributed by atoms with Gasteiger partial charge in [0.25, 0.3) is 0 Å². The number of carbonyl (C=O) groups is 2. The maximum atomic E-state index is 11.6. The molecule has 2 saturated heterocycles. The Labute approximate surface area is 121 Å². The third kappa shape index (κ3) is 4.28. The fourth-order valence-electron chi connectivity index (χ4n) is 3.15. The van der Waals surface area contributed by atoms with E-state index in [0.29, 0.717) is 19.4 Å². The first-order chi connectivity index (χ1) is 9.70. The fourth-order valence-corrected chi connectivity index (χ4v) is 3.15. The van der Waals surface area contributed by atoms with Gasteiger partial charge in [-0.1, -0.05) is 6.92 Å². The van der Waals surface area contributed by atoms with Gasteiger partial charge in [-0.3, -0.25) is 14.5 Å². The van der Waals surface area contributed by atoms with E-state index in [2.05, 4.69) is 17.1 Å². The van der Waals surface area contributed by atoms with E-state index in [-0.39, 0.29) is 11.8 Å². The average molecular weight is 281 g/mol. The zero-order chi connectivity index (χ0) is 14.4. The van der Waals surface area contributed by atoms with Gasteiger partial charge in [-0.25, -0.2) is 0 Å². The maximum Gasteiger partial charge on any atom is 0.229 e. The van der Waals surface area contributed by atoms with Gasteiger partial charge in [0.05, 0.1) is 0 Å². The largest absolute Gasteiger partial charge is 0.317 e. The normalized spacial score (nSPS) is 21.2. The molecule has 2 fully saturated rings. The van der Waals surface area contributed by atoms with Crippen molar-refractivity contribution >= 4 is 11.8 Å². The lowest BCUT2D eigenvalue weighted by atomic mass is 9.97. The Balaban J connectivity index is 1.79. The lowest BCUT2D eigenvalue weighted by Crippen LogP contribution is -2.41. The molecule has 0 saturated carbocycles. The first kappa shape index (κ1) is 15.4. The van der Waals surface area contributed by atoms with Gasteiger partial charge in [0.1, 0.15) is 0 Å². The monoisotopic (exact) mass is 281 g/mol. The number of nitrogens with zero attached hydrogens (tertiary/aromatic N) is 2. The van der Waals surface area contributed by atoms with Crippen LogP contribution in [0.25, 0.3) is 0 Å². The molecule has 0 radical (unpaired) electrons. The van der Waals surface area contributed by atoms with Crippen LogP contribution >= 0.6 is 0 Å². The summed E-state index contributed by atoms with van der Waals surface area (Å²) in [6.07, 6.45) is 4.40. The fraction of sp³-hybridized carbons (Fsp3) is 0.867. The first-order valence-corrected chi connectivity index (χ1v) is 7.97. The van der Waals surface area contributed by atoms with E-state index in [9.17, 15) is 9.59 Å². The number of amides is 2. The third-order valence-corrected chi connectivity index (χ3v) is 4.31. The van der Waals surface area contributed by atoms with Gasteiger partial charge in [0.2, 0.25) is 11.8 Å². The Bertz CT molecular complexity index is 324. The Morgan fingerprint density at radius 3 is 2.40 bits per heavy atom. The van der Waals surface area contributed by atoms with Crippen LogP contribution in [-0.4, -0.2) is 60.9 Å². The molecule has 0 aromatic carbocycles. The van der Waals surface area contributed by atoms with Gasteiger partial charge in [-0.2, -0.15) is 0 Å². The molecule has 2 rings (SSSR count). The van der Waals surface area contributed by atoms with Crippen molar-refractivity contribution in [3.8, 4) is 0 Å². The number of nitrogens with one attached hydrogen (secondary N) is 1. The minimum Gasteiger partial charge on any atom is -0.317 e. The van der Waals surface area contributed by atoms with Gasteiger partial charge in [0, 0.05) is 32.5 Å². The minimum atomic E-state index is 0.00770. The molecule has 20 heavy (non-hydrogen) atoms. The van der Waals surface area contributed by atoms with Crippen LogP contribution in [0.1, 0.15) is 39.0 Å². The van der Waals surface area contributed by atoms with Crippen LogP contribution in [0.5, 0.6) is 0 Å². The van der Waals surface area contributed by atoms with Crippen LogP contribution in [-0.2, 0) is 9.59 Å². The molecule has 2 amide bonds. The Morgan fingerprint density at radius 1 is 1.15 bits per heavy atom. The highest BCUT2D eigenvalue weighted by Gasteiger charge is 2.29. The molecule has 0 aromatic heterocycles. The summed E-state index contributed by atoms with van der Waals surface area (Å²) in [5.41, 5.74) is 0. The number of hydrogen-bond donors (Lipinski definition) is 1. The molecule has 5 heteroatoms. The molecule has 0 atom stereocenters. The maximum absolute atomic E-state index is 11.6. The molecule has 2 aliphatic rings. The number of hydrogen-bond acceptors (Lipinski definition) is 4. The number of likely N-dealkylation sites (tertiary alicyclic amines) is 1. The number of imide groups is 1. The van der Waals surface area contributed by atoms with E-state index in [1.807, 2.05) is 0 Å². The highest BCUT2D eigenvalue weighted by molar-refractivity contribution is 6.01. The zero-order valence-corrected chi connectivity index (χ0v) is 12.6. The topological polar surface area (TPSA) is 52.7 Å². The summed E-state index contributed by atoms with van der Waals surface area (Å²) in [6, 6.07) is 0. The summed E-state index contributed by atoms with van der Waals surface area (Å²) in [5, 5.41) is 3.39. The molecule has 0 spiro atoms. The predicted octanol–water partition coefficient (Wildman–Crippen LogP) is 0.847. The van der Waals surface area contributed by atoms with Crippen molar-refractivity contribution in [3.05, 3.63) is 0 Å². The predicted molar refractivity (Wildman–Crippen MR) is 78.3 cm³/mol. The van der Waals surface area contributed by atoms with E-state index >= 15 is 0 Å². The molecule has 0 bridgehead atoms. The lowest BCUT2D eigenvalue weighted by Gasteiger charge is -2.30. The van der Waals surface area contributed by atoms with Gasteiger partial charge in [-0.05, 0) is 44.8 Å². The summed E-state index contributed by atoms with van der Waals surface area (Å²) in [6.45, 7) is 7.98. The van der Waals surface area contributed by atoms with Crippen molar-refractivity contribution in [2.24, 2.45) is 5.92 Å². The van der Waals surface area contributed by atoms with E-state index in [1.54, 1.807) is 0 Å². The van der Waals surface area contributed by atoms with Crippen molar-refractivity contribution in [1.29, 1.82) is 0 Å². The second-order valence-electron chi connectivity index (χ2n) is 5.93. The van der Waals surface area contributed by atoms with Crippen molar-refractivity contribution in [2.45, 2.75) is 39.0 Å². The van der Waals surface area contributed by atoms with Crippen LogP contribution in [0.2, 0.25) is 0 Å². The average Bonchev–Trinajstić information content (AvgIpc) is 2.77. The van der Waals surface area contributed by atoms with Gasteiger partial charge < -0.3 is 10.2 Å².